The number of hydrogen-bond donors (Lipinski definition) is 0. The summed E-state index contributed by atoms with van der Waals surface area (Å²) in [4.78, 5) is 49.8. The summed E-state index contributed by atoms with van der Waals surface area (Å²) in [5.41, 5.74) is 1.20. The molecule has 0 saturated heterocycles. The van der Waals surface area contributed by atoms with Gasteiger partial charge in [0.1, 0.15) is 11.5 Å². The first-order valence-electron chi connectivity index (χ1n) is 11.7. The summed E-state index contributed by atoms with van der Waals surface area (Å²) >= 11 is 0. The molecule has 2 fully saturated rings. The van der Waals surface area contributed by atoms with Crippen molar-refractivity contribution in [3.63, 3.8) is 0 Å². The molecule has 2 aromatic rings. The lowest BCUT2D eigenvalue weighted by Gasteiger charge is -2.15. The summed E-state index contributed by atoms with van der Waals surface area (Å²) in [7, 11) is 0. The van der Waals surface area contributed by atoms with Crippen LogP contribution in [-0.2, 0) is 9.59 Å². The van der Waals surface area contributed by atoms with E-state index in [-0.39, 0.29) is 34.9 Å². The molecule has 2 aliphatic carbocycles. The molecule has 0 atom stereocenters. The van der Waals surface area contributed by atoms with E-state index in [1.165, 1.54) is 0 Å². The number of Topliss-reactive ketones (excluding diaryl/α,β-unsaturated/α-hetero) is 2. The van der Waals surface area contributed by atoms with Crippen LogP contribution in [0.5, 0.6) is 11.5 Å². The summed E-state index contributed by atoms with van der Waals surface area (Å²) in [6, 6.07) is 12.9. The first-order valence-corrected chi connectivity index (χ1v) is 11.7. The van der Waals surface area contributed by atoms with Gasteiger partial charge in [0.25, 0.3) is 0 Å². The predicted molar refractivity (Wildman–Crippen MR) is 121 cm³/mol. The molecule has 172 valence electrons. The molecule has 2 aliphatic rings. The van der Waals surface area contributed by atoms with Gasteiger partial charge in [0.2, 0.25) is 0 Å². The minimum atomic E-state index is -1.06. The van der Waals surface area contributed by atoms with E-state index in [1.807, 2.05) is 6.92 Å². The SMILES string of the molecule is CCCCC(C(=O)Oc1ccc(C(=O)C2CC2)cc1)C(=O)Oc1ccc(C(=O)C2CC2)cc1. The van der Waals surface area contributed by atoms with Crippen LogP contribution >= 0.6 is 0 Å². The molecule has 4 rings (SSSR count). The zero-order chi connectivity index (χ0) is 23.4. The molecule has 0 N–H and O–H groups in total. The molecule has 0 aliphatic heterocycles. The van der Waals surface area contributed by atoms with E-state index in [4.69, 9.17) is 9.47 Å². The average molecular weight is 449 g/mol. The van der Waals surface area contributed by atoms with Crippen molar-refractivity contribution in [3.8, 4) is 11.5 Å². The Hall–Kier alpha value is -3.28. The van der Waals surface area contributed by atoms with Crippen LogP contribution in [0.1, 0.15) is 72.6 Å². The molecule has 0 bridgehead atoms. The zero-order valence-corrected chi connectivity index (χ0v) is 18.8. The zero-order valence-electron chi connectivity index (χ0n) is 18.8. The maximum atomic E-state index is 12.8. The summed E-state index contributed by atoms with van der Waals surface area (Å²) < 4.78 is 10.9. The van der Waals surface area contributed by atoms with Crippen LogP contribution in [0.3, 0.4) is 0 Å². The fourth-order valence-corrected chi connectivity index (χ4v) is 3.65. The van der Waals surface area contributed by atoms with Gasteiger partial charge >= 0.3 is 11.9 Å². The Morgan fingerprint density at radius 2 is 1.12 bits per heavy atom. The van der Waals surface area contributed by atoms with E-state index < -0.39 is 17.9 Å². The van der Waals surface area contributed by atoms with Crippen molar-refractivity contribution < 1.29 is 28.7 Å². The normalized spacial score (nSPS) is 15.2. The molecule has 0 heterocycles. The van der Waals surface area contributed by atoms with Gasteiger partial charge in [-0.1, -0.05) is 19.8 Å². The number of unbranched alkanes of at least 4 members (excludes halogenated alkanes) is 1. The average Bonchev–Trinajstić information content (AvgIpc) is 3.72. The Bertz CT molecular complexity index is 948. The van der Waals surface area contributed by atoms with Crippen molar-refractivity contribution in [2.45, 2.75) is 51.9 Å². The van der Waals surface area contributed by atoms with E-state index in [2.05, 4.69) is 0 Å². The summed E-state index contributed by atoms with van der Waals surface area (Å²) in [5, 5.41) is 0. The van der Waals surface area contributed by atoms with Crippen LogP contribution < -0.4 is 9.47 Å². The fraction of sp³-hybridized carbons (Fsp3) is 0.407. The third-order valence-electron chi connectivity index (χ3n) is 6.03. The molecule has 0 spiro atoms. The van der Waals surface area contributed by atoms with Crippen LogP contribution in [0.15, 0.2) is 48.5 Å². The lowest BCUT2D eigenvalue weighted by atomic mass is 10.0. The van der Waals surface area contributed by atoms with Crippen LogP contribution in [0.4, 0.5) is 0 Å². The minimum absolute atomic E-state index is 0.113. The van der Waals surface area contributed by atoms with Gasteiger partial charge in [-0.05, 0) is 80.6 Å². The second kappa shape index (κ2) is 10.1. The predicted octanol–water partition coefficient (Wildman–Crippen LogP) is 5.19. The minimum Gasteiger partial charge on any atom is -0.426 e. The summed E-state index contributed by atoms with van der Waals surface area (Å²) in [6.07, 6.45) is 5.50. The van der Waals surface area contributed by atoms with Gasteiger partial charge in [0.05, 0.1) is 0 Å². The Morgan fingerprint density at radius 3 is 1.45 bits per heavy atom. The summed E-state index contributed by atoms with van der Waals surface area (Å²) in [5.74, 6) is -1.41. The van der Waals surface area contributed by atoms with Crippen molar-refractivity contribution >= 4 is 23.5 Å². The Labute approximate surface area is 193 Å². The molecular formula is C27H28O6. The van der Waals surface area contributed by atoms with Gasteiger partial charge in [-0.3, -0.25) is 19.2 Å². The molecule has 0 unspecified atom stereocenters. The van der Waals surface area contributed by atoms with E-state index >= 15 is 0 Å². The molecular weight excluding hydrogens is 420 g/mol. The molecule has 0 aromatic heterocycles. The van der Waals surface area contributed by atoms with Crippen LogP contribution in [0, 0.1) is 17.8 Å². The molecule has 2 saturated carbocycles. The monoisotopic (exact) mass is 448 g/mol. The van der Waals surface area contributed by atoms with E-state index in [0.29, 0.717) is 24.0 Å². The second-order valence-corrected chi connectivity index (χ2v) is 8.86. The molecule has 6 nitrogen and oxygen atoms in total. The largest absolute Gasteiger partial charge is 0.426 e. The van der Waals surface area contributed by atoms with E-state index in [0.717, 1.165) is 32.1 Å². The Kier molecular flexibility index (Phi) is 7.02. The second-order valence-electron chi connectivity index (χ2n) is 8.86. The van der Waals surface area contributed by atoms with E-state index in [9.17, 15) is 19.2 Å². The first kappa shape index (κ1) is 22.9. The molecule has 0 radical (unpaired) electrons. The third-order valence-corrected chi connectivity index (χ3v) is 6.03. The molecule has 2 aromatic carbocycles. The number of rotatable bonds is 11. The number of carbonyl (C=O) groups is 4. The molecule has 33 heavy (non-hydrogen) atoms. The number of ketones is 2. The smallest absolute Gasteiger partial charge is 0.325 e. The van der Waals surface area contributed by atoms with Crippen LogP contribution in [0.2, 0.25) is 0 Å². The van der Waals surface area contributed by atoms with E-state index in [1.54, 1.807) is 48.5 Å². The number of esters is 2. The first-order chi connectivity index (χ1) is 16.0. The summed E-state index contributed by atoms with van der Waals surface area (Å²) in [6.45, 7) is 1.97. The van der Waals surface area contributed by atoms with Gasteiger partial charge < -0.3 is 9.47 Å². The van der Waals surface area contributed by atoms with Gasteiger partial charge in [-0.2, -0.15) is 0 Å². The number of hydrogen-bond acceptors (Lipinski definition) is 6. The highest BCUT2D eigenvalue weighted by Gasteiger charge is 2.32. The third kappa shape index (κ3) is 5.95. The van der Waals surface area contributed by atoms with Crippen LogP contribution in [0.25, 0.3) is 0 Å². The lowest BCUT2D eigenvalue weighted by molar-refractivity contribution is -0.151. The highest BCUT2D eigenvalue weighted by molar-refractivity contribution is 6.00. The van der Waals surface area contributed by atoms with Gasteiger partial charge in [0.15, 0.2) is 17.5 Å². The van der Waals surface area contributed by atoms with Gasteiger partial charge in [-0.25, -0.2) is 0 Å². The Morgan fingerprint density at radius 1 is 0.727 bits per heavy atom. The van der Waals surface area contributed by atoms with Crippen molar-refractivity contribution in [1.82, 2.24) is 0 Å². The van der Waals surface area contributed by atoms with Crippen LogP contribution in [-0.4, -0.2) is 23.5 Å². The number of benzene rings is 2. The van der Waals surface area contributed by atoms with Crippen molar-refractivity contribution in [3.05, 3.63) is 59.7 Å². The van der Waals surface area contributed by atoms with Crippen molar-refractivity contribution in [2.75, 3.05) is 0 Å². The number of carbonyl (C=O) groups excluding carboxylic acids is 4. The standard InChI is InChI=1S/C27H28O6/c1-2-3-4-23(26(30)32-21-13-9-19(10-14-21)24(28)17-5-6-17)27(31)33-22-15-11-20(12-16-22)25(29)18-7-8-18/h9-18,23H,2-8H2,1H3. The highest BCUT2D eigenvalue weighted by atomic mass is 16.6. The van der Waals surface area contributed by atoms with Crippen molar-refractivity contribution in [2.24, 2.45) is 17.8 Å². The quantitative estimate of drug-likeness (QED) is 0.203. The Balaban J connectivity index is 1.38. The lowest BCUT2D eigenvalue weighted by Crippen LogP contribution is -2.31. The van der Waals surface area contributed by atoms with Gasteiger partial charge in [0, 0.05) is 23.0 Å². The maximum Gasteiger partial charge on any atom is 0.325 e. The maximum absolute atomic E-state index is 12.8. The van der Waals surface area contributed by atoms with Crippen molar-refractivity contribution in [1.29, 1.82) is 0 Å². The topological polar surface area (TPSA) is 86.7 Å². The molecule has 0 amide bonds. The molecule has 6 heteroatoms. The highest BCUT2D eigenvalue weighted by Crippen LogP contribution is 2.34. The van der Waals surface area contributed by atoms with Gasteiger partial charge in [-0.15, -0.1) is 0 Å². The number of ether oxygens (including phenoxy) is 2. The fourth-order valence-electron chi connectivity index (χ4n) is 3.65.